The van der Waals surface area contributed by atoms with Crippen LogP contribution in [0.4, 0.5) is 0 Å². The zero-order valence-corrected chi connectivity index (χ0v) is 25.4. The fourth-order valence-electron chi connectivity index (χ4n) is 6.88. The van der Waals surface area contributed by atoms with Gasteiger partial charge in [-0.15, -0.1) is 6.58 Å². The van der Waals surface area contributed by atoms with Gasteiger partial charge in [-0.25, -0.2) is 0 Å². The maximum Gasteiger partial charge on any atom is 0.316 e. The molecule has 5 nitrogen and oxygen atoms in total. The number of aliphatic hydroxyl groups is 1. The average Bonchev–Trinajstić information content (AvgIpc) is 3.16. The Morgan fingerprint density at radius 1 is 1.25 bits per heavy atom. The van der Waals surface area contributed by atoms with Gasteiger partial charge >= 0.3 is 5.97 Å². The molecule has 0 aromatic heterocycles. The zero-order valence-electron chi connectivity index (χ0n) is 24.6. The largest absolute Gasteiger partial charge is 0.461 e. The molecule has 0 heterocycles. The van der Waals surface area contributed by atoms with Crippen molar-refractivity contribution < 1.29 is 19.4 Å². The monoisotopic (exact) mass is 525 g/mol. The summed E-state index contributed by atoms with van der Waals surface area (Å²) in [6, 6.07) is 0.333. The highest BCUT2D eigenvalue weighted by atomic mass is 32.2. The van der Waals surface area contributed by atoms with Gasteiger partial charge in [-0.05, 0) is 54.7 Å². The quantitative estimate of drug-likeness (QED) is 0.318. The molecule has 3 rings (SSSR count). The normalized spacial score (nSPS) is 39.4. The van der Waals surface area contributed by atoms with Crippen LogP contribution < -0.4 is 5.73 Å². The molecule has 2 bridgehead atoms. The molecule has 0 saturated heterocycles. The van der Waals surface area contributed by atoms with Crippen LogP contribution in [0.15, 0.2) is 12.7 Å². The van der Waals surface area contributed by atoms with Gasteiger partial charge in [-0.1, -0.05) is 74.8 Å². The summed E-state index contributed by atoms with van der Waals surface area (Å²) in [5.74, 6) is 1.38. The fraction of sp³-hybridized carbons (Fsp3) is 0.867. The molecule has 0 aromatic carbocycles. The van der Waals surface area contributed by atoms with Crippen molar-refractivity contribution in [2.24, 2.45) is 39.7 Å². The highest BCUT2D eigenvalue weighted by molar-refractivity contribution is 7.99. The lowest BCUT2D eigenvalue weighted by atomic mass is 9.44. The topological polar surface area (TPSA) is 89.6 Å². The van der Waals surface area contributed by atoms with E-state index in [1.54, 1.807) is 11.8 Å². The van der Waals surface area contributed by atoms with E-state index in [1.807, 2.05) is 33.8 Å². The Morgan fingerprint density at radius 3 is 2.31 bits per heavy atom. The highest BCUT2D eigenvalue weighted by Gasteiger charge is 2.68. The molecule has 8 unspecified atom stereocenters. The SMILES string of the molecule is C=CC1(C)CC(OC(=O)CSCC)C2(C)C(C)CCC3(CCC(=O)C32)C(C)C1O.CC(C)N.CCC. The number of nitrogens with two attached hydrogens (primary N) is 1. The smallest absolute Gasteiger partial charge is 0.316 e. The molecule has 3 saturated carbocycles. The van der Waals surface area contributed by atoms with Gasteiger partial charge in [-0.2, -0.15) is 11.8 Å². The third kappa shape index (κ3) is 6.77. The van der Waals surface area contributed by atoms with E-state index in [2.05, 4.69) is 41.2 Å². The van der Waals surface area contributed by atoms with Gasteiger partial charge in [0, 0.05) is 23.2 Å². The molecule has 36 heavy (non-hydrogen) atoms. The third-order valence-electron chi connectivity index (χ3n) is 9.00. The van der Waals surface area contributed by atoms with Crippen molar-refractivity contribution >= 4 is 23.5 Å². The van der Waals surface area contributed by atoms with E-state index in [-0.39, 0.29) is 29.1 Å². The van der Waals surface area contributed by atoms with Crippen molar-refractivity contribution in [2.75, 3.05) is 11.5 Å². The minimum absolute atomic E-state index is 0.000994. The van der Waals surface area contributed by atoms with E-state index >= 15 is 0 Å². The number of hydrogen-bond donors (Lipinski definition) is 2. The van der Waals surface area contributed by atoms with Crippen molar-refractivity contribution in [3.8, 4) is 0 Å². The predicted octanol–water partition coefficient (Wildman–Crippen LogP) is 6.42. The van der Waals surface area contributed by atoms with Crippen LogP contribution in [-0.2, 0) is 14.3 Å². The number of Topliss-reactive ketones (excluding diaryl/α,β-unsaturated/α-hetero) is 1. The van der Waals surface area contributed by atoms with Crippen LogP contribution in [0.25, 0.3) is 0 Å². The van der Waals surface area contributed by atoms with Crippen LogP contribution in [0, 0.1) is 34.0 Å². The Hall–Kier alpha value is -0.850. The number of carbonyl (C=O) groups excluding carboxylic acids is 2. The number of ether oxygens (including phenoxy) is 1. The Labute approximate surface area is 225 Å². The molecule has 0 aromatic rings. The van der Waals surface area contributed by atoms with Crippen LogP contribution in [0.5, 0.6) is 0 Å². The molecule has 210 valence electrons. The van der Waals surface area contributed by atoms with E-state index in [9.17, 15) is 14.7 Å². The number of thioether (sulfide) groups is 1. The molecule has 0 spiro atoms. The molecule has 8 atom stereocenters. The minimum atomic E-state index is -0.613. The van der Waals surface area contributed by atoms with Gasteiger partial charge in [0.2, 0.25) is 0 Å². The fourth-order valence-corrected chi connectivity index (χ4v) is 7.32. The molecule has 3 aliphatic carbocycles. The van der Waals surface area contributed by atoms with Crippen LogP contribution in [0.1, 0.15) is 101 Å². The standard InChI is InChI=1S/C24H38O4S.C3H9N.C3H8/c1-7-22(5)13-18(28-19(26)14-29-8-2)23(6)15(3)9-11-24(16(4)21(22)27)12-10-17(25)20(23)24;1-3(2)4;1-3-2/h7,15-16,18,20-21,27H,1,8-14H2,2-6H3;3H,4H2,1-2H3;3H2,1-2H3. The molecule has 3 fully saturated rings. The maximum atomic E-state index is 13.3. The Balaban J connectivity index is 0.000000825. The summed E-state index contributed by atoms with van der Waals surface area (Å²) < 4.78 is 6.15. The van der Waals surface area contributed by atoms with Crippen molar-refractivity contribution in [1.29, 1.82) is 0 Å². The molecular formula is C30H55NO4S. The van der Waals surface area contributed by atoms with E-state index in [0.717, 1.165) is 25.0 Å². The number of rotatable bonds is 5. The van der Waals surface area contributed by atoms with Crippen molar-refractivity contribution in [3.63, 3.8) is 0 Å². The summed E-state index contributed by atoms with van der Waals surface area (Å²) in [6.07, 6.45) is 5.94. The van der Waals surface area contributed by atoms with Crippen molar-refractivity contribution in [1.82, 2.24) is 0 Å². The summed E-state index contributed by atoms with van der Waals surface area (Å²) in [4.78, 5) is 26.0. The first kappa shape index (κ1) is 33.2. The van der Waals surface area contributed by atoms with Gasteiger partial charge in [0.05, 0.1) is 11.9 Å². The molecule has 6 heteroatoms. The molecular weight excluding hydrogens is 470 g/mol. The summed E-state index contributed by atoms with van der Waals surface area (Å²) in [7, 11) is 0. The van der Waals surface area contributed by atoms with Crippen molar-refractivity contribution in [3.05, 3.63) is 12.7 Å². The summed E-state index contributed by atoms with van der Waals surface area (Å²) in [5.41, 5.74) is 3.91. The van der Waals surface area contributed by atoms with Crippen LogP contribution in [0.2, 0.25) is 0 Å². The summed E-state index contributed by atoms with van der Waals surface area (Å²) in [5, 5.41) is 11.5. The molecule has 0 amide bonds. The van der Waals surface area contributed by atoms with Gasteiger partial charge < -0.3 is 15.6 Å². The minimum Gasteiger partial charge on any atom is -0.461 e. The maximum absolute atomic E-state index is 13.3. The molecule has 3 aliphatic rings. The first-order valence-corrected chi connectivity index (χ1v) is 15.2. The van der Waals surface area contributed by atoms with Crippen LogP contribution in [-0.4, -0.2) is 46.6 Å². The third-order valence-corrected chi connectivity index (χ3v) is 9.85. The first-order chi connectivity index (χ1) is 16.7. The molecule has 3 N–H and O–H groups in total. The lowest BCUT2D eigenvalue weighted by Gasteiger charge is -2.61. The number of hydrogen-bond acceptors (Lipinski definition) is 6. The van der Waals surface area contributed by atoms with Gasteiger partial charge in [0.15, 0.2) is 0 Å². The number of carbonyl (C=O) groups is 2. The second-order valence-electron chi connectivity index (χ2n) is 12.2. The number of aliphatic hydroxyl groups excluding tert-OH is 1. The van der Waals surface area contributed by atoms with Crippen molar-refractivity contribution in [2.45, 2.75) is 119 Å². The van der Waals surface area contributed by atoms with E-state index in [4.69, 9.17) is 10.5 Å². The second-order valence-corrected chi connectivity index (χ2v) is 13.4. The van der Waals surface area contributed by atoms with E-state index < -0.39 is 23.0 Å². The predicted molar refractivity (Wildman–Crippen MR) is 153 cm³/mol. The van der Waals surface area contributed by atoms with Gasteiger partial charge in [0.25, 0.3) is 0 Å². The second kappa shape index (κ2) is 13.8. The lowest BCUT2D eigenvalue weighted by Crippen LogP contribution is -2.63. The van der Waals surface area contributed by atoms with Gasteiger partial charge in [0.1, 0.15) is 11.9 Å². The first-order valence-electron chi connectivity index (χ1n) is 14.1. The summed E-state index contributed by atoms with van der Waals surface area (Å²) >= 11 is 1.55. The summed E-state index contributed by atoms with van der Waals surface area (Å²) in [6.45, 7) is 22.7. The van der Waals surface area contributed by atoms with E-state index in [1.165, 1.54) is 6.42 Å². The van der Waals surface area contributed by atoms with Crippen LogP contribution in [0.3, 0.4) is 0 Å². The molecule has 0 radical (unpaired) electrons. The van der Waals surface area contributed by atoms with Crippen LogP contribution >= 0.6 is 11.8 Å². The Bertz CT molecular complexity index is 740. The lowest BCUT2D eigenvalue weighted by molar-refractivity contribution is -0.205. The van der Waals surface area contributed by atoms with E-state index in [0.29, 0.717) is 30.4 Å². The Kier molecular flexibility index (Phi) is 12.7. The zero-order chi connectivity index (χ0) is 27.9. The average molecular weight is 526 g/mol. The Morgan fingerprint density at radius 2 is 1.81 bits per heavy atom. The number of ketones is 1. The van der Waals surface area contributed by atoms with Gasteiger partial charge in [-0.3, -0.25) is 9.59 Å². The molecule has 0 aliphatic heterocycles. The number of esters is 1. The highest BCUT2D eigenvalue weighted by Crippen LogP contribution is 2.67.